The number of aliphatic hydroxyl groups is 2. The molecule has 10 atom stereocenters. The summed E-state index contributed by atoms with van der Waals surface area (Å²) in [5.74, 6) is 3.39. The van der Waals surface area contributed by atoms with Crippen LogP contribution in [0.4, 0.5) is 0 Å². The molecule has 2 N–H and O–H groups in total. The van der Waals surface area contributed by atoms with Gasteiger partial charge in [-0.3, -0.25) is 0 Å². The van der Waals surface area contributed by atoms with Crippen LogP contribution in [-0.4, -0.2) is 21.9 Å². The molecule has 5 aliphatic rings. The predicted molar refractivity (Wildman–Crippen MR) is 132 cm³/mol. The first-order valence-electron chi connectivity index (χ1n) is 14.0. The Balaban J connectivity index is 1.51. The Morgan fingerprint density at radius 1 is 0.625 bits per heavy atom. The molecule has 5 aliphatic carbocycles. The van der Waals surface area contributed by atoms with Gasteiger partial charge >= 0.3 is 0 Å². The zero-order valence-corrected chi connectivity index (χ0v) is 22.4. The Kier molecular flexibility index (Phi) is 5.01. The van der Waals surface area contributed by atoms with E-state index >= 15 is 0 Å². The van der Waals surface area contributed by atoms with Crippen molar-refractivity contribution in [1.82, 2.24) is 0 Å². The van der Waals surface area contributed by atoms with Crippen molar-refractivity contribution in [1.29, 1.82) is 0 Å². The molecule has 2 nitrogen and oxygen atoms in total. The SMILES string of the molecule is CC(C)(O)[C@H]1CC[C@]2(C)[C@H]3CC[C@@H]4[C@@]5(C)CC[C@@H](O)C(C)(C)[C@@H]5CC[C@@]4(C)[C@]3(C)CC[C@@H]12. The molecular weight excluding hydrogens is 392 g/mol. The summed E-state index contributed by atoms with van der Waals surface area (Å²) in [7, 11) is 0. The van der Waals surface area contributed by atoms with Gasteiger partial charge in [0, 0.05) is 0 Å². The molecule has 0 spiro atoms. The van der Waals surface area contributed by atoms with Crippen LogP contribution >= 0.6 is 0 Å². The third-order valence-electron chi connectivity index (χ3n) is 13.8. The molecular formula is C30H52O2. The van der Waals surface area contributed by atoms with E-state index in [1.807, 2.05) is 0 Å². The van der Waals surface area contributed by atoms with E-state index in [0.717, 1.165) is 18.3 Å². The van der Waals surface area contributed by atoms with Crippen LogP contribution < -0.4 is 0 Å². The first-order chi connectivity index (χ1) is 14.6. The zero-order valence-electron chi connectivity index (χ0n) is 22.4. The smallest absolute Gasteiger partial charge is 0.0622 e. The van der Waals surface area contributed by atoms with Gasteiger partial charge in [-0.25, -0.2) is 0 Å². The monoisotopic (exact) mass is 444 g/mol. The Bertz CT molecular complexity index is 765. The summed E-state index contributed by atoms with van der Waals surface area (Å²) >= 11 is 0. The van der Waals surface area contributed by atoms with E-state index in [9.17, 15) is 10.2 Å². The van der Waals surface area contributed by atoms with Crippen molar-refractivity contribution in [3.05, 3.63) is 0 Å². The molecule has 184 valence electrons. The molecule has 0 aromatic heterocycles. The molecule has 5 fully saturated rings. The summed E-state index contributed by atoms with van der Waals surface area (Å²) < 4.78 is 0. The van der Waals surface area contributed by atoms with E-state index in [0.29, 0.717) is 39.4 Å². The quantitative estimate of drug-likeness (QED) is 0.448. The van der Waals surface area contributed by atoms with Crippen molar-refractivity contribution in [2.24, 2.45) is 56.7 Å². The standard InChI is InChI=1S/C30H52O2/c1-25(2)21-13-18-30(8)23(28(21,6)16-14-24(25)31)10-9-22-27(5)15-11-19(26(3,4)32)20(27)12-17-29(22,30)7/h19-24,31-32H,9-18H2,1-8H3/t19-,20-,21-,22+,23+,24+,27-,28-,29+,30+/m0/s1. The van der Waals surface area contributed by atoms with Crippen LogP contribution in [0.25, 0.3) is 0 Å². The highest BCUT2D eigenvalue weighted by atomic mass is 16.3. The summed E-state index contributed by atoms with van der Waals surface area (Å²) in [5.41, 5.74) is 1.07. The van der Waals surface area contributed by atoms with Crippen LogP contribution in [0, 0.1) is 56.7 Å². The highest BCUT2D eigenvalue weighted by molar-refractivity contribution is 5.19. The van der Waals surface area contributed by atoms with Crippen molar-refractivity contribution in [2.75, 3.05) is 0 Å². The molecule has 32 heavy (non-hydrogen) atoms. The highest BCUT2D eigenvalue weighted by Gasteiger charge is 2.71. The second-order valence-corrected chi connectivity index (χ2v) is 15.4. The molecule has 0 saturated heterocycles. The summed E-state index contributed by atoms with van der Waals surface area (Å²) in [6.45, 7) is 19.5. The minimum atomic E-state index is -0.544. The Labute approximate surface area is 198 Å². The number of aliphatic hydroxyl groups excluding tert-OH is 1. The molecule has 0 aliphatic heterocycles. The first-order valence-corrected chi connectivity index (χ1v) is 14.0. The number of rotatable bonds is 1. The second-order valence-electron chi connectivity index (χ2n) is 15.4. The van der Waals surface area contributed by atoms with Gasteiger partial charge in [-0.15, -0.1) is 0 Å². The second kappa shape index (κ2) is 6.77. The molecule has 5 rings (SSSR count). The van der Waals surface area contributed by atoms with Gasteiger partial charge in [0.15, 0.2) is 0 Å². The highest BCUT2D eigenvalue weighted by Crippen LogP contribution is 2.78. The van der Waals surface area contributed by atoms with Gasteiger partial charge in [-0.1, -0.05) is 41.5 Å². The lowest BCUT2D eigenvalue weighted by Crippen LogP contribution is -2.67. The molecule has 0 unspecified atom stereocenters. The summed E-state index contributed by atoms with van der Waals surface area (Å²) in [5, 5.41) is 21.9. The first kappa shape index (κ1) is 23.7. The van der Waals surface area contributed by atoms with Crippen molar-refractivity contribution in [3.63, 3.8) is 0 Å². The van der Waals surface area contributed by atoms with Crippen molar-refractivity contribution < 1.29 is 10.2 Å². The molecule has 0 bridgehead atoms. The van der Waals surface area contributed by atoms with Crippen LogP contribution in [0.3, 0.4) is 0 Å². The minimum absolute atomic E-state index is 0.0428. The number of fused-ring (bicyclic) bond motifs is 7. The van der Waals surface area contributed by atoms with Crippen molar-refractivity contribution >= 4 is 0 Å². The predicted octanol–water partition coefficient (Wildman–Crippen LogP) is 7.22. The van der Waals surface area contributed by atoms with Crippen LogP contribution in [0.5, 0.6) is 0 Å². The lowest BCUT2D eigenvalue weighted by atomic mass is 9.32. The van der Waals surface area contributed by atoms with Gasteiger partial charge in [0.25, 0.3) is 0 Å². The fraction of sp³-hybridized carbons (Fsp3) is 1.00. The van der Waals surface area contributed by atoms with Gasteiger partial charge in [-0.05, 0) is 135 Å². The van der Waals surface area contributed by atoms with Crippen molar-refractivity contribution in [2.45, 2.75) is 131 Å². The van der Waals surface area contributed by atoms with Gasteiger partial charge in [-0.2, -0.15) is 0 Å². The third kappa shape index (κ3) is 2.72. The average molecular weight is 445 g/mol. The Morgan fingerprint density at radius 2 is 1.16 bits per heavy atom. The average Bonchev–Trinajstić information content (AvgIpc) is 3.03. The maximum Gasteiger partial charge on any atom is 0.0622 e. The molecule has 2 heteroatoms. The molecule has 0 radical (unpaired) electrons. The van der Waals surface area contributed by atoms with Crippen LogP contribution in [0.1, 0.15) is 120 Å². The van der Waals surface area contributed by atoms with E-state index in [-0.39, 0.29) is 11.5 Å². The summed E-state index contributed by atoms with van der Waals surface area (Å²) in [4.78, 5) is 0. The Morgan fingerprint density at radius 3 is 1.75 bits per heavy atom. The molecule has 0 heterocycles. The van der Waals surface area contributed by atoms with Crippen LogP contribution in [-0.2, 0) is 0 Å². The van der Waals surface area contributed by atoms with Crippen LogP contribution in [0.15, 0.2) is 0 Å². The number of hydrogen-bond donors (Lipinski definition) is 2. The van der Waals surface area contributed by atoms with E-state index in [4.69, 9.17) is 0 Å². The molecule has 0 aromatic carbocycles. The van der Waals surface area contributed by atoms with E-state index in [1.165, 1.54) is 57.8 Å². The van der Waals surface area contributed by atoms with E-state index < -0.39 is 5.60 Å². The summed E-state index contributed by atoms with van der Waals surface area (Å²) in [6.07, 6.45) is 12.6. The fourth-order valence-corrected chi connectivity index (χ4v) is 12.0. The third-order valence-corrected chi connectivity index (χ3v) is 13.8. The molecule has 0 amide bonds. The molecule has 0 aromatic rings. The van der Waals surface area contributed by atoms with Gasteiger partial charge in [0.2, 0.25) is 0 Å². The fourth-order valence-electron chi connectivity index (χ4n) is 12.0. The lowest BCUT2D eigenvalue weighted by molar-refractivity contribution is -0.253. The summed E-state index contributed by atoms with van der Waals surface area (Å²) in [6, 6.07) is 0. The maximum atomic E-state index is 11.0. The largest absolute Gasteiger partial charge is 0.393 e. The Hall–Kier alpha value is -0.0800. The van der Waals surface area contributed by atoms with Gasteiger partial charge < -0.3 is 10.2 Å². The maximum absolute atomic E-state index is 11.0. The van der Waals surface area contributed by atoms with Gasteiger partial charge in [0.1, 0.15) is 0 Å². The van der Waals surface area contributed by atoms with E-state index in [1.54, 1.807) is 0 Å². The number of hydrogen-bond acceptors (Lipinski definition) is 2. The lowest BCUT2D eigenvalue weighted by Gasteiger charge is -2.73. The zero-order chi connectivity index (χ0) is 23.5. The topological polar surface area (TPSA) is 40.5 Å². The normalized spacial score (nSPS) is 57.2. The van der Waals surface area contributed by atoms with E-state index in [2.05, 4.69) is 55.4 Å². The minimum Gasteiger partial charge on any atom is -0.393 e. The van der Waals surface area contributed by atoms with Crippen LogP contribution in [0.2, 0.25) is 0 Å². The molecule has 5 saturated carbocycles. The van der Waals surface area contributed by atoms with Crippen molar-refractivity contribution in [3.8, 4) is 0 Å². The van der Waals surface area contributed by atoms with Gasteiger partial charge in [0.05, 0.1) is 11.7 Å².